The van der Waals surface area contributed by atoms with Crippen molar-refractivity contribution in [3.63, 3.8) is 0 Å². The molecule has 5 nitrogen and oxygen atoms in total. The lowest BCUT2D eigenvalue weighted by molar-refractivity contribution is -0.123. The smallest absolute Gasteiger partial charge is 0.224 e. The average Bonchev–Trinajstić information content (AvgIpc) is 2.29. The highest BCUT2D eigenvalue weighted by atomic mass is 16.2. The molecule has 0 aromatic heterocycles. The number of amides is 2. The lowest BCUT2D eigenvalue weighted by Gasteiger charge is -2.20. The molecule has 0 radical (unpaired) electrons. The zero-order valence-electron chi connectivity index (χ0n) is 12.3. The first-order chi connectivity index (χ1) is 9.26. The molecule has 0 spiro atoms. The third-order valence-corrected chi connectivity index (χ3v) is 2.53. The van der Waals surface area contributed by atoms with E-state index in [-0.39, 0.29) is 23.8 Å². The largest absolute Gasteiger partial charge is 0.399 e. The number of hydrogen-bond donors (Lipinski definition) is 3. The van der Waals surface area contributed by atoms with Gasteiger partial charge in [-0.3, -0.25) is 9.59 Å². The van der Waals surface area contributed by atoms with E-state index >= 15 is 0 Å². The van der Waals surface area contributed by atoms with Crippen molar-refractivity contribution >= 4 is 17.5 Å². The van der Waals surface area contributed by atoms with E-state index in [2.05, 4.69) is 10.6 Å². The summed E-state index contributed by atoms with van der Waals surface area (Å²) in [5.74, 6) is -0.163. The number of anilines is 1. The van der Waals surface area contributed by atoms with Crippen LogP contribution in [0.1, 0.15) is 32.8 Å². The molecule has 0 bridgehead atoms. The number of carbonyl (C=O) groups excluding carboxylic acids is 2. The molecule has 0 aliphatic carbocycles. The van der Waals surface area contributed by atoms with Crippen molar-refractivity contribution < 1.29 is 9.59 Å². The van der Waals surface area contributed by atoms with Crippen molar-refractivity contribution in [2.24, 2.45) is 0 Å². The highest BCUT2D eigenvalue weighted by molar-refractivity contribution is 5.80. The molecule has 110 valence electrons. The Kier molecular flexibility index (Phi) is 5.55. The monoisotopic (exact) mass is 277 g/mol. The zero-order chi connectivity index (χ0) is 15.2. The van der Waals surface area contributed by atoms with Crippen LogP contribution in [0.25, 0.3) is 0 Å². The Morgan fingerprint density at radius 2 is 1.70 bits per heavy atom. The summed E-state index contributed by atoms with van der Waals surface area (Å²) >= 11 is 0. The van der Waals surface area contributed by atoms with Crippen molar-refractivity contribution in [1.29, 1.82) is 0 Å². The average molecular weight is 277 g/mol. The Balaban J connectivity index is 2.27. The molecule has 0 saturated heterocycles. The van der Waals surface area contributed by atoms with Crippen LogP contribution in [-0.4, -0.2) is 23.9 Å². The first-order valence-corrected chi connectivity index (χ1v) is 6.68. The third-order valence-electron chi connectivity index (χ3n) is 2.53. The number of carbonyl (C=O) groups is 2. The van der Waals surface area contributed by atoms with Crippen LogP contribution in [0.4, 0.5) is 5.69 Å². The van der Waals surface area contributed by atoms with Crippen LogP contribution in [0.15, 0.2) is 24.3 Å². The molecule has 0 unspecified atom stereocenters. The molecule has 4 N–H and O–H groups in total. The summed E-state index contributed by atoms with van der Waals surface area (Å²) in [5.41, 5.74) is 6.90. The Morgan fingerprint density at radius 3 is 2.25 bits per heavy atom. The van der Waals surface area contributed by atoms with E-state index in [0.717, 1.165) is 5.56 Å². The quantitative estimate of drug-likeness (QED) is 0.708. The Hall–Kier alpha value is -2.04. The predicted octanol–water partition coefficient (Wildman–Crippen LogP) is 1.23. The van der Waals surface area contributed by atoms with Gasteiger partial charge in [-0.2, -0.15) is 0 Å². The number of benzene rings is 1. The van der Waals surface area contributed by atoms with Gasteiger partial charge in [0.15, 0.2) is 0 Å². The van der Waals surface area contributed by atoms with Gasteiger partial charge in [0.05, 0.1) is 6.42 Å². The van der Waals surface area contributed by atoms with Crippen molar-refractivity contribution in [3.05, 3.63) is 29.8 Å². The van der Waals surface area contributed by atoms with Crippen molar-refractivity contribution in [3.8, 4) is 0 Å². The Bertz CT molecular complexity index is 461. The summed E-state index contributed by atoms with van der Waals surface area (Å²) < 4.78 is 0. The van der Waals surface area contributed by atoms with Crippen LogP contribution in [0.2, 0.25) is 0 Å². The molecule has 0 fully saturated rings. The van der Waals surface area contributed by atoms with Crippen LogP contribution in [0.5, 0.6) is 0 Å². The number of nitrogens with one attached hydrogen (secondary N) is 2. The topological polar surface area (TPSA) is 84.2 Å². The maximum absolute atomic E-state index is 11.7. The number of nitrogen functional groups attached to an aromatic ring is 1. The summed E-state index contributed by atoms with van der Waals surface area (Å²) in [4.78, 5) is 23.2. The van der Waals surface area contributed by atoms with Crippen LogP contribution < -0.4 is 16.4 Å². The molecule has 20 heavy (non-hydrogen) atoms. The molecule has 0 atom stereocenters. The summed E-state index contributed by atoms with van der Waals surface area (Å²) in [6.45, 7) is 6.11. The molecule has 5 heteroatoms. The minimum absolute atomic E-state index is 0.0646. The van der Waals surface area contributed by atoms with Crippen molar-refractivity contribution in [2.75, 3.05) is 12.3 Å². The second-order valence-corrected chi connectivity index (χ2v) is 5.82. The standard InChI is InChI=1S/C15H23N3O2/c1-15(2,3)18-13(19)8-9-17-14(20)10-11-4-6-12(16)7-5-11/h4-7H,8-10,16H2,1-3H3,(H,17,20)(H,18,19). The first kappa shape index (κ1) is 16.0. The van der Waals surface area contributed by atoms with Gasteiger partial charge in [0.1, 0.15) is 0 Å². The molecule has 0 saturated carbocycles. The van der Waals surface area contributed by atoms with Gasteiger partial charge in [0, 0.05) is 24.2 Å². The van der Waals surface area contributed by atoms with Crippen LogP contribution >= 0.6 is 0 Å². The highest BCUT2D eigenvalue weighted by Crippen LogP contribution is 2.05. The number of nitrogens with two attached hydrogens (primary N) is 1. The van der Waals surface area contributed by atoms with E-state index in [0.29, 0.717) is 18.7 Å². The van der Waals surface area contributed by atoms with Crippen LogP contribution in [-0.2, 0) is 16.0 Å². The van der Waals surface area contributed by atoms with Gasteiger partial charge in [0.2, 0.25) is 11.8 Å². The Labute approximate surface area is 119 Å². The van der Waals surface area contributed by atoms with Gasteiger partial charge >= 0.3 is 0 Å². The molecule has 2 amide bonds. The van der Waals surface area contributed by atoms with Crippen LogP contribution in [0.3, 0.4) is 0 Å². The zero-order valence-corrected chi connectivity index (χ0v) is 12.3. The molecule has 1 aromatic rings. The lowest BCUT2D eigenvalue weighted by atomic mass is 10.1. The van der Waals surface area contributed by atoms with E-state index in [1.54, 1.807) is 12.1 Å². The van der Waals surface area contributed by atoms with E-state index in [1.807, 2.05) is 32.9 Å². The van der Waals surface area contributed by atoms with Gasteiger partial charge in [0.25, 0.3) is 0 Å². The van der Waals surface area contributed by atoms with Gasteiger partial charge in [-0.05, 0) is 38.5 Å². The summed E-state index contributed by atoms with van der Waals surface area (Å²) in [5, 5.41) is 5.58. The summed E-state index contributed by atoms with van der Waals surface area (Å²) in [7, 11) is 0. The van der Waals surface area contributed by atoms with Crippen molar-refractivity contribution in [1.82, 2.24) is 10.6 Å². The predicted molar refractivity (Wildman–Crippen MR) is 80.1 cm³/mol. The van der Waals surface area contributed by atoms with Crippen molar-refractivity contribution in [2.45, 2.75) is 39.2 Å². The number of rotatable bonds is 5. The summed E-state index contributed by atoms with van der Waals surface area (Å²) in [6, 6.07) is 7.17. The molecular formula is C15H23N3O2. The SMILES string of the molecule is CC(C)(C)NC(=O)CCNC(=O)Cc1ccc(N)cc1. The third kappa shape index (κ3) is 6.78. The van der Waals surface area contributed by atoms with E-state index < -0.39 is 0 Å². The fourth-order valence-electron chi connectivity index (χ4n) is 1.68. The van der Waals surface area contributed by atoms with E-state index in [4.69, 9.17) is 5.73 Å². The first-order valence-electron chi connectivity index (χ1n) is 6.68. The van der Waals surface area contributed by atoms with Crippen LogP contribution in [0, 0.1) is 0 Å². The van der Waals surface area contributed by atoms with Gasteiger partial charge in [-0.15, -0.1) is 0 Å². The maximum Gasteiger partial charge on any atom is 0.224 e. The van der Waals surface area contributed by atoms with E-state index in [1.165, 1.54) is 0 Å². The second kappa shape index (κ2) is 6.93. The van der Waals surface area contributed by atoms with Gasteiger partial charge in [-0.25, -0.2) is 0 Å². The fraction of sp³-hybridized carbons (Fsp3) is 0.467. The minimum Gasteiger partial charge on any atom is -0.399 e. The molecule has 0 aliphatic heterocycles. The summed E-state index contributed by atoms with van der Waals surface area (Å²) in [6.07, 6.45) is 0.575. The molecule has 1 aromatic carbocycles. The fourth-order valence-corrected chi connectivity index (χ4v) is 1.68. The van der Waals surface area contributed by atoms with Gasteiger partial charge in [-0.1, -0.05) is 12.1 Å². The maximum atomic E-state index is 11.7. The Morgan fingerprint density at radius 1 is 1.10 bits per heavy atom. The molecular weight excluding hydrogens is 254 g/mol. The molecule has 1 rings (SSSR count). The number of hydrogen-bond acceptors (Lipinski definition) is 3. The van der Waals surface area contributed by atoms with Gasteiger partial charge < -0.3 is 16.4 Å². The molecule has 0 heterocycles. The molecule has 0 aliphatic rings. The van der Waals surface area contributed by atoms with E-state index in [9.17, 15) is 9.59 Å². The normalized spacial score (nSPS) is 10.9. The highest BCUT2D eigenvalue weighted by Gasteiger charge is 2.13. The minimum atomic E-state index is -0.245. The lowest BCUT2D eigenvalue weighted by Crippen LogP contribution is -2.42. The second-order valence-electron chi connectivity index (χ2n) is 5.82.